The fraction of sp³-hybridized carbons (Fsp3) is 0.500. The fourth-order valence-corrected chi connectivity index (χ4v) is 8.87. The maximum Gasteiger partial charge on any atom is 0.410 e. The number of nitrogens with zero attached hydrogens (tertiary/aromatic N) is 3. The van der Waals surface area contributed by atoms with E-state index in [1.54, 1.807) is 28.9 Å². The van der Waals surface area contributed by atoms with E-state index >= 15 is 0 Å². The van der Waals surface area contributed by atoms with Gasteiger partial charge in [0.15, 0.2) is 12.6 Å². The van der Waals surface area contributed by atoms with Crippen molar-refractivity contribution in [2.75, 3.05) is 57.3 Å². The number of fused-ring (bicyclic) bond motifs is 2. The number of nitrogens with one attached hydrogen (secondary N) is 4. The second-order valence-corrected chi connectivity index (χ2v) is 21.5. The Labute approximate surface area is 454 Å². The van der Waals surface area contributed by atoms with E-state index in [2.05, 4.69) is 42.1 Å². The van der Waals surface area contributed by atoms with Gasteiger partial charge < -0.3 is 61.4 Å². The van der Waals surface area contributed by atoms with Gasteiger partial charge in [-0.3, -0.25) is 24.0 Å². The van der Waals surface area contributed by atoms with Crippen molar-refractivity contribution < 1.29 is 53.2 Å². The molecule has 75 heavy (non-hydrogen) atoms. The summed E-state index contributed by atoms with van der Waals surface area (Å²) >= 11 is 3.35. The number of anilines is 1. The second kappa shape index (κ2) is 29.2. The number of phenols is 2. The molecule has 4 aliphatic rings. The molecule has 4 atom stereocenters. The van der Waals surface area contributed by atoms with Gasteiger partial charge in [0.25, 0.3) is 0 Å². The molecule has 412 valence electrons. The van der Waals surface area contributed by atoms with Gasteiger partial charge in [0, 0.05) is 101 Å². The summed E-state index contributed by atoms with van der Waals surface area (Å²) in [7, 11) is 0. The third kappa shape index (κ3) is 21.1. The minimum Gasteiger partial charge on any atom is -0.507 e. The first-order chi connectivity index (χ1) is 34.7. The summed E-state index contributed by atoms with van der Waals surface area (Å²) in [6.45, 7) is 21.8. The van der Waals surface area contributed by atoms with E-state index in [0.29, 0.717) is 49.4 Å². The smallest absolute Gasteiger partial charge is 0.410 e. The van der Waals surface area contributed by atoms with Crippen LogP contribution in [0.3, 0.4) is 0 Å². The molecule has 8 N–H and O–H groups in total. The lowest BCUT2D eigenvalue weighted by Crippen LogP contribution is -2.39. The molecule has 4 aromatic carbocycles. The quantitative estimate of drug-likeness (QED) is 0.0944. The molecule has 0 bridgehead atoms. The number of rotatable bonds is 6. The van der Waals surface area contributed by atoms with Gasteiger partial charge in [-0.25, -0.2) is 9.59 Å². The van der Waals surface area contributed by atoms with Crippen molar-refractivity contribution in [2.45, 2.75) is 123 Å². The fourth-order valence-electron chi connectivity index (χ4n) is 8.49. The van der Waals surface area contributed by atoms with Crippen molar-refractivity contribution in [2.24, 2.45) is 5.73 Å². The van der Waals surface area contributed by atoms with Crippen molar-refractivity contribution in [3.63, 3.8) is 0 Å². The zero-order valence-electron chi connectivity index (χ0n) is 44.5. The Balaban J connectivity index is 0.000000253. The summed E-state index contributed by atoms with van der Waals surface area (Å²) in [5.74, 6) is 0.0353. The van der Waals surface area contributed by atoms with Crippen molar-refractivity contribution in [1.29, 1.82) is 0 Å². The van der Waals surface area contributed by atoms with Crippen LogP contribution in [0.2, 0.25) is 0 Å². The average Bonchev–Trinajstić information content (AvgIpc) is 4.16. The van der Waals surface area contributed by atoms with Gasteiger partial charge in [-0.1, -0.05) is 40.2 Å². The molecule has 4 heterocycles. The highest BCUT2D eigenvalue weighted by atomic mass is 79.9. The first-order valence-electron chi connectivity index (χ1n) is 24.8. The molecule has 4 aliphatic heterocycles. The summed E-state index contributed by atoms with van der Waals surface area (Å²) in [5.41, 5.74) is 6.52. The number of aldehydes is 2. The zero-order valence-corrected chi connectivity index (χ0v) is 46.9. The molecule has 0 spiro atoms. The van der Waals surface area contributed by atoms with Gasteiger partial charge in [-0.15, -0.1) is 12.4 Å². The number of likely N-dealkylation sites (tertiary alicyclic amines) is 2. The van der Waals surface area contributed by atoms with Gasteiger partial charge in [-0.2, -0.15) is 0 Å². The molecule has 0 saturated carbocycles. The number of hydrogen-bond donors (Lipinski definition) is 7. The molecule has 0 aliphatic carbocycles. The highest BCUT2D eigenvalue weighted by molar-refractivity contribution is 9.10. The van der Waals surface area contributed by atoms with E-state index in [1.807, 2.05) is 84.0 Å². The maximum absolute atomic E-state index is 11.7. The summed E-state index contributed by atoms with van der Waals surface area (Å²) in [5, 5.41) is 34.3. The van der Waals surface area contributed by atoms with Crippen LogP contribution in [-0.2, 0) is 23.9 Å². The Bertz CT molecular complexity index is 2600. The molecule has 0 aromatic heterocycles. The van der Waals surface area contributed by atoms with Crippen LogP contribution in [0, 0.1) is 0 Å². The van der Waals surface area contributed by atoms with E-state index in [-0.39, 0.29) is 71.9 Å². The summed E-state index contributed by atoms with van der Waals surface area (Å²) in [6.07, 6.45) is 4.46. The van der Waals surface area contributed by atoms with Crippen LogP contribution in [0.25, 0.3) is 21.5 Å². The maximum atomic E-state index is 11.7. The van der Waals surface area contributed by atoms with E-state index in [0.717, 1.165) is 90.1 Å². The Morgan fingerprint density at radius 3 is 1.57 bits per heavy atom. The third-order valence-electron chi connectivity index (χ3n) is 11.8. The molecule has 19 nitrogen and oxygen atoms in total. The molecular formula is C54H76BrClN8O11. The first-order valence-corrected chi connectivity index (χ1v) is 25.6. The van der Waals surface area contributed by atoms with Crippen LogP contribution in [0.4, 0.5) is 15.3 Å². The van der Waals surface area contributed by atoms with Crippen LogP contribution < -0.4 is 31.9 Å². The highest BCUT2D eigenvalue weighted by Crippen LogP contribution is 2.31. The number of hydrogen-bond acceptors (Lipinski definition) is 14. The van der Waals surface area contributed by atoms with Crippen LogP contribution >= 0.6 is 28.3 Å². The lowest BCUT2D eigenvalue weighted by Gasteiger charge is -2.24. The lowest BCUT2D eigenvalue weighted by atomic mass is 10.0. The summed E-state index contributed by atoms with van der Waals surface area (Å²) in [6, 6.07) is 18.8. The van der Waals surface area contributed by atoms with E-state index in [1.165, 1.54) is 19.9 Å². The Kier molecular flexibility index (Phi) is 24.5. The largest absolute Gasteiger partial charge is 0.507 e. The zero-order chi connectivity index (χ0) is 54.9. The topological polar surface area (TPSA) is 262 Å². The number of carbonyl (C=O) groups excluding carboxylic acids is 7. The van der Waals surface area contributed by atoms with Crippen molar-refractivity contribution in [1.82, 2.24) is 31.1 Å². The summed E-state index contributed by atoms with van der Waals surface area (Å²) in [4.78, 5) is 83.0. The number of amides is 5. The number of nitrogens with two attached hydrogens (primary N) is 1. The molecule has 4 fully saturated rings. The SMILES string of the molecule is CC(=O)NC1CCN(C(=O)OC(C)(C)C)C1.CC(=O)NC1CCN(c2ccc3c(C=O)c(O)ccc3c2)C1.CC(=O)NC1CCNC1.CC(C)(C)OC(=O)N1CCC(N)C1.Cl.O=Cc1c(O)ccc2cc(Br)ccc12. The van der Waals surface area contributed by atoms with Crippen LogP contribution in [-0.4, -0.2) is 150 Å². The number of aromatic hydroxyl groups is 2. The Morgan fingerprint density at radius 1 is 0.640 bits per heavy atom. The predicted octanol–water partition coefficient (Wildman–Crippen LogP) is 7.19. The van der Waals surface area contributed by atoms with Gasteiger partial charge in [0.05, 0.1) is 11.1 Å². The highest BCUT2D eigenvalue weighted by Gasteiger charge is 2.31. The van der Waals surface area contributed by atoms with Gasteiger partial charge in [0.2, 0.25) is 17.7 Å². The minimum absolute atomic E-state index is 0. The predicted molar refractivity (Wildman–Crippen MR) is 297 cm³/mol. The molecule has 5 amide bonds. The minimum atomic E-state index is -0.469. The molecule has 21 heteroatoms. The van der Waals surface area contributed by atoms with Crippen molar-refractivity contribution >= 4 is 98.0 Å². The molecule has 4 unspecified atom stereocenters. The number of ether oxygens (including phenoxy) is 2. The van der Waals surface area contributed by atoms with Gasteiger partial charge >= 0.3 is 12.2 Å². The van der Waals surface area contributed by atoms with Crippen LogP contribution in [0.15, 0.2) is 65.1 Å². The van der Waals surface area contributed by atoms with Crippen molar-refractivity contribution in [3.05, 3.63) is 76.3 Å². The van der Waals surface area contributed by atoms with Crippen molar-refractivity contribution in [3.8, 4) is 11.5 Å². The van der Waals surface area contributed by atoms with E-state index < -0.39 is 11.2 Å². The second-order valence-electron chi connectivity index (χ2n) is 20.6. The van der Waals surface area contributed by atoms with E-state index in [4.69, 9.17) is 15.2 Å². The first kappa shape index (κ1) is 63.1. The number of carbonyl (C=O) groups is 7. The molecular weight excluding hydrogens is 1050 g/mol. The Hall–Kier alpha value is -6.22. The number of phenolic OH excluding ortho intramolecular Hbond substituents is 2. The summed E-state index contributed by atoms with van der Waals surface area (Å²) < 4.78 is 11.4. The molecule has 4 aromatic rings. The third-order valence-corrected chi connectivity index (χ3v) is 12.3. The van der Waals surface area contributed by atoms with Crippen LogP contribution in [0.1, 0.15) is 109 Å². The molecule has 8 rings (SSSR count). The number of halogens is 2. The Morgan fingerprint density at radius 2 is 1.11 bits per heavy atom. The monoisotopic (exact) mass is 1130 g/mol. The lowest BCUT2D eigenvalue weighted by molar-refractivity contribution is -0.120. The van der Waals surface area contributed by atoms with Gasteiger partial charge in [-0.05, 0) is 132 Å². The molecule has 4 saturated heterocycles. The average molecular weight is 1130 g/mol. The number of benzene rings is 4. The van der Waals surface area contributed by atoms with Crippen LogP contribution in [0.5, 0.6) is 11.5 Å². The van der Waals surface area contributed by atoms with E-state index in [9.17, 15) is 43.8 Å². The molecule has 0 radical (unpaired) electrons. The van der Waals surface area contributed by atoms with Gasteiger partial charge in [0.1, 0.15) is 22.7 Å². The standard InChI is InChI=1S/C17H18N2O3.C11H7BrO2.C11H20N2O3.C9H18N2O2.C6H12N2O.ClH/c1-11(21)18-13-6-7-19(9-13)14-3-4-15-12(8-14)2-5-17(22)16(15)10-20;12-8-2-3-9-7(5-8)1-4-11(14)10(9)6-13;1-8(14)12-9-5-6-13(7-9)10(15)16-11(2,3)4;1-9(2,3)13-8(12)11-5-4-7(10)6-11;1-5(9)8-6-2-3-7-4-6;/h2-5,8,10,13,22H,6-7,9H2,1H3,(H,18,21);1-6,14H;9H,5-7H2,1-4H3,(H,12,14);7H,4-6,10H2,1-3H3;6-7H,2-4H2,1H3,(H,8,9);1H. The normalized spacial score (nSPS) is 18.7.